The Morgan fingerprint density at radius 2 is 0.844 bits per heavy atom. The first-order valence-corrected chi connectivity index (χ1v) is 9.30. The third kappa shape index (κ3) is 5.19. The van der Waals surface area contributed by atoms with Crippen molar-refractivity contribution in [1.29, 1.82) is 0 Å². The van der Waals surface area contributed by atoms with Crippen LogP contribution in [-0.2, 0) is 0 Å². The molecule has 0 radical (unpaired) electrons. The number of oxime groups is 2. The first-order valence-electron chi connectivity index (χ1n) is 9.30. The molecule has 32 heavy (non-hydrogen) atoms. The van der Waals surface area contributed by atoms with Gasteiger partial charge in [-0.25, -0.2) is 0 Å². The first-order chi connectivity index (χ1) is 15.4. The second-order valence-corrected chi connectivity index (χ2v) is 6.61. The number of benzene rings is 3. The van der Waals surface area contributed by atoms with Crippen LogP contribution in [0.2, 0.25) is 0 Å². The van der Waals surface area contributed by atoms with Crippen LogP contribution in [0.25, 0.3) is 0 Å². The molecular weight excluding hydrogens is 412 g/mol. The Kier molecular flexibility index (Phi) is 6.66. The van der Waals surface area contributed by atoms with E-state index in [1.54, 1.807) is 48.5 Å². The molecule has 0 aromatic heterocycles. The Labute approximate surface area is 182 Å². The monoisotopic (exact) mass is 432 g/mol. The minimum absolute atomic E-state index is 0.0316. The van der Waals surface area contributed by atoms with Gasteiger partial charge in [0.25, 0.3) is 11.8 Å². The molecule has 3 aromatic rings. The zero-order chi connectivity index (χ0) is 23.1. The van der Waals surface area contributed by atoms with Crippen LogP contribution in [0.1, 0.15) is 31.8 Å². The second-order valence-electron chi connectivity index (χ2n) is 6.61. The first kappa shape index (κ1) is 21.8. The van der Waals surface area contributed by atoms with Gasteiger partial charge >= 0.3 is 0 Å². The van der Waals surface area contributed by atoms with E-state index in [9.17, 15) is 9.59 Å². The van der Waals surface area contributed by atoms with Gasteiger partial charge in [-0.2, -0.15) is 0 Å². The van der Waals surface area contributed by atoms with E-state index in [0.717, 1.165) is 0 Å². The van der Waals surface area contributed by atoms with Gasteiger partial charge in [-0.1, -0.05) is 10.3 Å². The van der Waals surface area contributed by atoms with Gasteiger partial charge in [0.05, 0.1) is 0 Å². The highest BCUT2D eigenvalue weighted by Gasteiger charge is 2.10. The minimum atomic E-state index is -0.354. The second kappa shape index (κ2) is 9.76. The number of carbonyl (C=O) groups is 2. The van der Waals surface area contributed by atoms with Crippen LogP contribution in [0.15, 0.2) is 83.1 Å². The van der Waals surface area contributed by atoms with E-state index >= 15 is 0 Å². The van der Waals surface area contributed by atoms with Crippen LogP contribution in [0.3, 0.4) is 0 Å². The van der Waals surface area contributed by atoms with Gasteiger partial charge in [0.15, 0.2) is 11.7 Å². The smallest absolute Gasteiger partial charge is 0.255 e. The largest absolute Gasteiger partial charge is 0.409 e. The van der Waals surface area contributed by atoms with Gasteiger partial charge < -0.3 is 32.5 Å². The summed E-state index contributed by atoms with van der Waals surface area (Å²) < 4.78 is 0. The topological polar surface area (TPSA) is 175 Å². The average Bonchev–Trinajstić information content (AvgIpc) is 2.84. The molecule has 0 heterocycles. The molecule has 0 spiro atoms. The molecule has 0 aliphatic heterocycles. The van der Waals surface area contributed by atoms with Crippen molar-refractivity contribution in [2.45, 2.75) is 0 Å². The predicted molar refractivity (Wildman–Crippen MR) is 120 cm³/mol. The molecule has 0 aliphatic carbocycles. The molecule has 10 nitrogen and oxygen atoms in total. The summed E-state index contributed by atoms with van der Waals surface area (Å²) in [6, 6.07) is 19.1. The molecule has 2 amide bonds. The fraction of sp³-hybridized carbons (Fsp3) is 0. The molecule has 0 unspecified atom stereocenters. The number of hydrogen-bond donors (Lipinski definition) is 6. The Hall–Kier alpha value is -4.86. The summed E-state index contributed by atoms with van der Waals surface area (Å²) in [5.74, 6) is -0.772. The lowest BCUT2D eigenvalue weighted by atomic mass is 10.1. The SMILES string of the molecule is N/C(=N\O)c1ccc(NC(=O)c2ccc(C(=O)Nc3ccc(/C(N)=N/O)cc3)cc2)cc1. The maximum Gasteiger partial charge on any atom is 0.255 e. The van der Waals surface area contributed by atoms with E-state index in [2.05, 4.69) is 20.9 Å². The molecule has 0 bridgehead atoms. The van der Waals surface area contributed by atoms with E-state index in [1.807, 2.05) is 0 Å². The third-order valence-corrected chi connectivity index (χ3v) is 4.50. The molecule has 0 saturated carbocycles. The molecule has 0 aliphatic rings. The molecule has 0 fully saturated rings. The van der Waals surface area contributed by atoms with Gasteiger partial charge in [-0.15, -0.1) is 0 Å². The number of amidine groups is 2. The lowest BCUT2D eigenvalue weighted by Crippen LogP contribution is -2.15. The Bertz CT molecular complexity index is 1080. The molecule has 3 rings (SSSR count). The van der Waals surface area contributed by atoms with Crippen LogP contribution in [0, 0.1) is 0 Å². The van der Waals surface area contributed by atoms with Gasteiger partial charge in [0.2, 0.25) is 0 Å². The summed E-state index contributed by atoms with van der Waals surface area (Å²) in [5, 5.41) is 28.7. The van der Waals surface area contributed by atoms with Crippen LogP contribution in [0.5, 0.6) is 0 Å². The van der Waals surface area contributed by atoms with Crippen LogP contribution in [0.4, 0.5) is 11.4 Å². The van der Waals surface area contributed by atoms with Crippen molar-refractivity contribution in [2.24, 2.45) is 21.8 Å². The van der Waals surface area contributed by atoms with Gasteiger partial charge in [-0.05, 0) is 72.8 Å². The molecule has 162 valence electrons. The van der Waals surface area contributed by atoms with Crippen molar-refractivity contribution >= 4 is 34.9 Å². The highest BCUT2D eigenvalue weighted by atomic mass is 16.4. The summed E-state index contributed by atoms with van der Waals surface area (Å²) in [7, 11) is 0. The van der Waals surface area contributed by atoms with Crippen LogP contribution < -0.4 is 22.1 Å². The number of nitrogens with one attached hydrogen (secondary N) is 2. The number of carbonyl (C=O) groups excluding carboxylic acids is 2. The number of rotatable bonds is 6. The lowest BCUT2D eigenvalue weighted by molar-refractivity contribution is 0.101. The summed E-state index contributed by atoms with van der Waals surface area (Å²) in [5.41, 5.74) is 13.8. The molecule has 3 aromatic carbocycles. The van der Waals surface area contributed by atoms with Crippen molar-refractivity contribution in [1.82, 2.24) is 0 Å². The molecule has 0 atom stereocenters. The number of anilines is 2. The molecule has 8 N–H and O–H groups in total. The van der Waals surface area contributed by atoms with E-state index in [4.69, 9.17) is 21.9 Å². The zero-order valence-corrected chi connectivity index (χ0v) is 16.7. The number of hydrogen-bond acceptors (Lipinski definition) is 6. The van der Waals surface area contributed by atoms with Crippen LogP contribution >= 0.6 is 0 Å². The van der Waals surface area contributed by atoms with E-state index in [1.165, 1.54) is 24.3 Å². The predicted octanol–water partition coefficient (Wildman–Crippen LogP) is 2.38. The van der Waals surface area contributed by atoms with Crippen molar-refractivity contribution in [3.8, 4) is 0 Å². The summed E-state index contributed by atoms with van der Waals surface area (Å²) in [6.45, 7) is 0. The summed E-state index contributed by atoms with van der Waals surface area (Å²) >= 11 is 0. The standard InChI is InChI=1S/C22H20N6O4/c23-19(27-31)13-5-9-17(10-6-13)25-21(29)15-1-2-16(4-3-15)22(30)26-18-11-7-14(8-12-18)20(24)28-32/h1-12,31-32H,(H2,23,27)(H2,24,28)(H,25,29)(H,26,30). The number of amides is 2. The van der Waals surface area contributed by atoms with E-state index in [0.29, 0.717) is 33.6 Å². The van der Waals surface area contributed by atoms with Crippen molar-refractivity contribution in [2.75, 3.05) is 10.6 Å². The highest BCUT2D eigenvalue weighted by Crippen LogP contribution is 2.14. The summed E-state index contributed by atoms with van der Waals surface area (Å²) in [6.07, 6.45) is 0. The molecule has 0 saturated heterocycles. The quantitative estimate of drug-likeness (QED) is 0.151. The normalized spacial score (nSPS) is 11.6. The Balaban J connectivity index is 1.62. The Morgan fingerprint density at radius 1 is 0.562 bits per heavy atom. The van der Waals surface area contributed by atoms with Crippen molar-refractivity contribution in [3.63, 3.8) is 0 Å². The fourth-order valence-corrected chi connectivity index (χ4v) is 2.74. The summed E-state index contributed by atoms with van der Waals surface area (Å²) in [4.78, 5) is 24.9. The van der Waals surface area contributed by atoms with Crippen molar-refractivity contribution < 1.29 is 20.0 Å². The van der Waals surface area contributed by atoms with E-state index < -0.39 is 0 Å². The maximum atomic E-state index is 12.4. The Morgan fingerprint density at radius 3 is 1.12 bits per heavy atom. The van der Waals surface area contributed by atoms with Gasteiger partial charge in [0.1, 0.15) is 0 Å². The average molecular weight is 432 g/mol. The lowest BCUT2D eigenvalue weighted by Gasteiger charge is -2.08. The fourth-order valence-electron chi connectivity index (χ4n) is 2.74. The van der Waals surface area contributed by atoms with Gasteiger partial charge in [-0.3, -0.25) is 9.59 Å². The van der Waals surface area contributed by atoms with E-state index in [-0.39, 0.29) is 23.5 Å². The molecular formula is C22H20N6O4. The highest BCUT2D eigenvalue weighted by molar-refractivity contribution is 6.07. The zero-order valence-electron chi connectivity index (χ0n) is 16.7. The number of nitrogens with two attached hydrogens (primary N) is 2. The van der Waals surface area contributed by atoms with Gasteiger partial charge in [0, 0.05) is 33.6 Å². The maximum absolute atomic E-state index is 12.4. The molecule has 10 heteroatoms. The van der Waals surface area contributed by atoms with Crippen molar-refractivity contribution in [3.05, 3.63) is 95.1 Å². The minimum Gasteiger partial charge on any atom is -0.409 e. The number of nitrogens with zero attached hydrogens (tertiary/aromatic N) is 2. The van der Waals surface area contributed by atoms with Crippen LogP contribution in [-0.4, -0.2) is 33.9 Å². The third-order valence-electron chi connectivity index (χ3n) is 4.50.